The minimum absolute atomic E-state index is 0.116. The van der Waals surface area contributed by atoms with E-state index >= 15 is 0 Å². The van der Waals surface area contributed by atoms with Crippen molar-refractivity contribution in [3.05, 3.63) is 5.01 Å². The van der Waals surface area contributed by atoms with E-state index in [4.69, 9.17) is 4.74 Å². The summed E-state index contributed by atoms with van der Waals surface area (Å²) in [5, 5.41) is 11.8. The van der Waals surface area contributed by atoms with Crippen molar-refractivity contribution in [3.63, 3.8) is 0 Å². The zero-order chi connectivity index (χ0) is 14.5. The summed E-state index contributed by atoms with van der Waals surface area (Å²) in [6.45, 7) is 4.97. The molecule has 0 saturated carbocycles. The van der Waals surface area contributed by atoms with Crippen LogP contribution in [0.2, 0.25) is 0 Å². The third kappa shape index (κ3) is 3.66. The molecule has 0 bridgehead atoms. The molecule has 8 heteroatoms. The van der Waals surface area contributed by atoms with Gasteiger partial charge in [-0.1, -0.05) is 11.3 Å². The molecule has 1 aliphatic heterocycles. The Hall–Kier alpha value is -1.70. The fourth-order valence-corrected chi connectivity index (χ4v) is 2.72. The molecule has 0 spiro atoms. The number of amides is 2. The molecule has 1 atom stereocenters. The van der Waals surface area contributed by atoms with Gasteiger partial charge in [-0.3, -0.25) is 4.79 Å². The average molecular weight is 298 g/mol. The van der Waals surface area contributed by atoms with Crippen LogP contribution in [0.3, 0.4) is 0 Å². The van der Waals surface area contributed by atoms with E-state index in [-0.39, 0.29) is 17.9 Å². The van der Waals surface area contributed by atoms with Crippen molar-refractivity contribution in [1.29, 1.82) is 0 Å². The van der Waals surface area contributed by atoms with E-state index in [2.05, 4.69) is 15.5 Å². The Morgan fingerprint density at radius 1 is 1.50 bits per heavy atom. The van der Waals surface area contributed by atoms with Gasteiger partial charge in [0, 0.05) is 13.1 Å². The maximum atomic E-state index is 12.2. The molecule has 0 aliphatic carbocycles. The predicted molar refractivity (Wildman–Crippen MR) is 74.6 cm³/mol. The van der Waals surface area contributed by atoms with E-state index in [1.807, 2.05) is 6.92 Å². The van der Waals surface area contributed by atoms with Crippen molar-refractivity contribution >= 4 is 28.5 Å². The molecule has 1 aromatic heterocycles. The SMILES string of the molecule is CCOC(=O)N1CCCC(C(=O)Nc2nnc(C)s2)C1. The van der Waals surface area contributed by atoms with Crippen molar-refractivity contribution < 1.29 is 14.3 Å². The van der Waals surface area contributed by atoms with Crippen LogP contribution in [0.1, 0.15) is 24.8 Å². The maximum absolute atomic E-state index is 12.2. The molecule has 1 unspecified atom stereocenters. The largest absolute Gasteiger partial charge is 0.450 e. The normalized spacial score (nSPS) is 18.7. The van der Waals surface area contributed by atoms with E-state index < -0.39 is 0 Å². The number of nitrogens with zero attached hydrogens (tertiary/aromatic N) is 3. The Kier molecular flexibility index (Phi) is 4.89. The van der Waals surface area contributed by atoms with Gasteiger partial charge in [-0.2, -0.15) is 0 Å². The molecule has 2 heterocycles. The van der Waals surface area contributed by atoms with Crippen LogP contribution in [0.25, 0.3) is 0 Å². The van der Waals surface area contributed by atoms with Crippen LogP contribution in [-0.2, 0) is 9.53 Å². The summed E-state index contributed by atoms with van der Waals surface area (Å²) in [5.41, 5.74) is 0. The number of carbonyl (C=O) groups is 2. The van der Waals surface area contributed by atoms with Gasteiger partial charge in [0.05, 0.1) is 12.5 Å². The number of carbonyl (C=O) groups excluding carboxylic acids is 2. The fourth-order valence-electron chi connectivity index (χ4n) is 2.13. The van der Waals surface area contributed by atoms with Gasteiger partial charge in [0.1, 0.15) is 5.01 Å². The number of aryl methyl sites for hydroxylation is 1. The number of aromatic nitrogens is 2. The molecule has 1 N–H and O–H groups in total. The number of hydrogen-bond donors (Lipinski definition) is 1. The number of hydrogen-bond acceptors (Lipinski definition) is 6. The molecular formula is C12H18N4O3S. The summed E-state index contributed by atoms with van der Waals surface area (Å²) in [7, 11) is 0. The van der Waals surface area contributed by atoms with Crippen LogP contribution < -0.4 is 5.32 Å². The molecule has 0 radical (unpaired) electrons. The van der Waals surface area contributed by atoms with Crippen LogP contribution in [0.4, 0.5) is 9.93 Å². The van der Waals surface area contributed by atoms with E-state index in [0.29, 0.717) is 24.8 Å². The first kappa shape index (κ1) is 14.7. The molecule has 7 nitrogen and oxygen atoms in total. The second-order valence-corrected chi connectivity index (χ2v) is 5.78. The first-order valence-corrected chi connectivity index (χ1v) is 7.44. The van der Waals surface area contributed by atoms with Crippen molar-refractivity contribution in [2.75, 3.05) is 25.0 Å². The molecule has 2 rings (SSSR count). The van der Waals surface area contributed by atoms with Crippen LogP contribution in [0.15, 0.2) is 0 Å². The van der Waals surface area contributed by atoms with Gasteiger partial charge < -0.3 is 15.0 Å². The van der Waals surface area contributed by atoms with E-state index in [9.17, 15) is 9.59 Å². The van der Waals surface area contributed by atoms with Gasteiger partial charge in [-0.05, 0) is 26.7 Å². The summed E-state index contributed by atoms with van der Waals surface area (Å²) in [5.74, 6) is -0.340. The second kappa shape index (κ2) is 6.65. The zero-order valence-electron chi connectivity index (χ0n) is 11.6. The highest BCUT2D eigenvalue weighted by Crippen LogP contribution is 2.20. The lowest BCUT2D eigenvalue weighted by Gasteiger charge is -2.30. The highest BCUT2D eigenvalue weighted by Gasteiger charge is 2.29. The zero-order valence-corrected chi connectivity index (χ0v) is 12.4. The van der Waals surface area contributed by atoms with Crippen molar-refractivity contribution in [2.24, 2.45) is 5.92 Å². The summed E-state index contributed by atoms with van der Waals surface area (Å²) in [4.78, 5) is 25.4. The number of piperidine rings is 1. The smallest absolute Gasteiger partial charge is 0.409 e. The predicted octanol–water partition coefficient (Wildman–Crippen LogP) is 1.65. The second-order valence-electron chi connectivity index (χ2n) is 4.60. The molecule has 1 aliphatic rings. The minimum atomic E-state index is -0.350. The quantitative estimate of drug-likeness (QED) is 0.917. The topological polar surface area (TPSA) is 84.4 Å². The Balaban J connectivity index is 1.91. The molecular weight excluding hydrogens is 280 g/mol. The molecule has 1 aromatic rings. The van der Waals surface area contributed by atoms with E-state index in [1.54, 1.807) is 11.8 Å². The lowest BCUT2D eigenvalue weighted by atomic mass is 9.97. The van der Waals surface area contributed by atoms with Crippen molar-refractivity contribution in [1.82, 2.24) is 15.1 Å². The molecule has 110 valence electrons. The van der Waals surface area contributed by atoms with Crippen LogP contribution in [-0.4, -0.2) is 46.8 Å². The van der Waals surface area contributed by atoms with Crippen molar-refractivity contribution in [3.8, 4) is 0 Å². The van der Waals surface area contributed by atoms with E-state index in [1.165, 1.54) is 11.3 Å². The maximum Gasteiger partial charge on any atom is 0.409 e. The van der Waals surface area contributed by atoms with Crippen LogP contribution >= 0.6 is 11.3 Å². The van der Waals surface area contributed by atoms with Crippen LogP contribution in [0, 0.1) is 12.8 Å². The Labute approximate surface area is 121 Å². The number of likely N-dealkylation sites (tertiary alicyclic amines) is 1. The van der Waals surface area contributed by atoms with E-state index in [0.717, 1.165) is 17.8 Å². The monoisotopic (exact) mass is 298 g/mol. The highest BCUT2D eigenvalue weighted by atomic mass is 32.1. The third-order valence-electron chi connectivity index (χ3n) is 3.07. The first-order valence-electron chi connectivity index (χ1n) is 6.62. The molecule has 1 fully saturated rings. The fraction of sp³-hybridized carbons (Fsp3) is 0.667. The average Bonchev–Trinajstić information content (AvgIpc) is 2.84. The third-order valence-corrected chi connectivity index (χ3v) is 3.83. The summed E-state index contributed by atoms with van der Waals surface area (Å²) < 4.78 is 4.97. The number of anilines is 1. The Bertz CT molecular complexity index is 491. The summed E-state index contributed by atoms with van der Waals surface area (Å²) in [6, 6.07) is 0. The Morgan fingerprint density at radius 2 is 2.30 bits per heavy atom. The van der Waals surface area contributed by atoms with Gasteiger partial charge >= 0.3 is 6.09 Å². The van der Waals surface area contributed by atoms with Gasteiger partial charge in [0.15, 0.2) is 0 Å². The summed E-state index contributed by atoms with van der Waals surface area (Å²) in [6.07, 6.45) is 1.21. The molecule has 0 aromatic carbocycles. The number of ether oxygens (including phenoxy) is 1. The first-order chi connectivity index (χ1) is 9.60. The number of rotatable bonds is 3. The molecule has 20 heavy (non-hydrogen) atoms. The summed E-state index contributed by atoms with van der Waals surface area (Å²) >= 11 is 1.34. The lowest BCUT2D eigenvalue weighted by molar-refractivity contribution is -0.121. The van der Waals surface area contributed by atoms with Gasteiger partial charge in [0.2, 0.25) is 11.0 Å². The Morgan fingerprint density at radius 3 is 2.95 bits per heavy atom. The highest BCUT2D eigenvalue weighted by molar-refractivity contribution is 7.15. The minimum Gasteiger partial charge on any atom is -0.450 e. The van der Waals surface area contributed by atoms with Gasteiger partial charge in [-0.15, -0.1) is 10.2 Å². The van der Waals surface area contributed by atoms with Crippen molar-refractivity contribution in [2.45, 2.75) is 26.7 Å². The number of nitrogens with one attached hydrogen (secondary N) is 1. The van der Waals surface area contributed by atoms with Gasteiger partial charge in [-0.25, -0.2) is 4.79 Å². The lowest BCUT2D eigenvalue weighted by Crippen LogP contribution is -2.44. The molecule has 2 amide bonds. The molecule has 1 saturated heterocycles. The van der Waals surface area contributed by atoms with Gasteiger partial charge in [0.25, 0.3) is 0 Å². The standard InChI is InChI=1S/C12H18N4O3S/c1-3-19-12(18)16-6-4-5-9(7-16)10(17)13-11-15-14-8(2)20-11/h9H,3-7H2,1-2H3,(H,13,15,17). The van der Waals surface area contributed by atoms with Crippen LogP contribution in [0.5, 0.6) is 0 Å².